The SMILES string of the molecule is NC(N)=NCc1ccc2ccccc2n1.O=S(=O)(O)O. The molecule has 0 spiro atoms. The number of nitrogens with zero attached hydrogens (tertiary/aromatic N) is 2. The summed E-state index contributed by atoms with van der Waals surface area (Å²) in [6.07, 6.45) is 0. The first-order valence-electron chi connectivity index (χ1n) is 5.35. The summed E-state index contributed by atoms with van der Waals surface area (Å²) in [5.41, 5.74) is 12.3. The molecule has 0 bridgehead atoms. The second-order valence-corrected chi connectivity index (χ2v) is 4.58. The van der Waals surface area contributed by atoms with Gasteiger partial charge in [0.25, 0.3) is 0 Å². The average Bonchev–Trinajstić information content (AvgIpc) is 2.34. The number of hydrogen-bond donors (Lipinski definition) is 4. The molecule has 0 aliphatic carbocycles. The van der Waals surface area contributed by atoms with Crippen LogP contribution in [0.4, 0.5) is 0 Å². The highest BCUT2D eigenvalue weighted by Crippen LogP contribution is 2.11. The quantitative estimate of drug-likeness (QED) is 0.354. The van der Waals surface area contributed by atoms with Crippen LogP contribution in [0.2, 0.25) is 0 Å². The number of benzene rings is 1. The van der Waals surface area contributed by atoms with E-state index in [2.05, 4.69) is 9.98 Å². The first kappa shape index (κ1) is 15.8. The molecule has 0 radical (unpaired) electrons. The first-order chi connectivity index (χ1) is 9.25. The summed E-state index contributed by atoms with van der Waals surface area (Å²) in [6, 6.07) is 11.9. The summed E-state index contributed by atoms with van der Waals surface area (Å²) >= 11 is 0. The lowest BCUT2D eigenvalue weighted by Gasteiger charge is -2.00. The topological polar surface area (TPSA) is 152 Å². The molecule has 8 nitrogen and oxygen atoms in total. The normalized spacial score (nSPS) is 10.5. The standard InChI is InChI=1S/C11H12N4.H2O4S/c12-11(13)14-7-9-6-5-8-3-1-2-4-10(8)15-9;1-5(2,3)4/h1-6H,7H2,(H4,12,13,14);(H2,1,2,3,4). The fourth-order valence-electron chi connectivity index (χ4n) is 1.37. The van der Waals surface area contributed by atoms with Gasteiger partial charge < -0.3 is 11.5 Å². The van der Waals surface area contributed by atoms with E-state index < -0.39 is 10.4 Å². The molecule has 1 heterocycles. The number of rotatable bonds is 2. The fourth-order valence-corrected chi connectivity index (χ4v) is 1.37. The third-order valence-corrected chi connectivity index (χ3v) is 2.08. The summed E-state index contributed by atoms with van der Waals surface area (Å²) in [6.45, 7) is 0.424. The Kier molecular flexibility index (Phi) is 5.38. The number of para-hydroxylation sites is 1. The molecule has 0 aliphatic rings. The lowest BCUT2D eigenvalue weighted by atomic mass is 10.2. The lowest BCUT2D eigenvalue weighted by molar-refractivity contribution is 0.381. The minimum Gasteiger partial charge on any atom is -0.370 e. The molecule has 6 N–H and O–H groups in total. The van der Waals surface area contributed by atoms with Crippen molar-refractivity contribution in [1.29, 1.82) is 0 Å². The van der Waals surface area contributed by atoms with Crippen LogP contribution in [0.15, 0.2) is 41.4 Å². The molecule has 0 fully saturated rings. The van der Waals surface area contributed by atoms with Crippen LogP contribution < -0.4 is 11.5 Å². The van der Waals surface area contributed by atoms with Gasteiger partial charge in [-0.3, -0.25) is 14.1 Å². The van der Waals surface area contributed by atoms with Gasteiger partial charge in [0.05, 0.1) is 17.8 Å². The van der Waals surface area contributed by atoms with E-state index in [0.29, 0.717) is 6.54 Å². The van der Waals surface area contributed by atoms with Crippen molar-refractivity contribution in [3.8, 4) is 0 Å². The molecule has 0 atom stereocenters. The first-order valence-corrected chi connectivity index (χ1v) is 6.75. The zero-order chi connectivity index (χ0) is 15.2. The smallest absolute Gasteiger partial charge is 0.370 e. The van der Waals surface area contributed by atoms with Crippen molar-refractivity contribution >= 4 is 27.3 Å². The molecule has 9 heteroatoms. The maximum atomic E-state index is 8.74. The van der Waals surface area contributed by atoms with E-state index in [9.17, 15) is 0 Å². The zero-order valence-electron chi connectivity index (χ0n) is 10.3. The van der Waals surface area contributed by atoms with Crippen LogP contribution in [0.25, 0.3) is 10.9 Å². The molecule has 108 valence electrons. The largest absolute Gasteiger partial charge is 0.394 e. The van der Waals surface area contributed by atoms with Crippen LogP contribution in [0.1, 0.15) is 5.69 Å². The Bertz CT molecular complexity index is 703. The molecular weight excluding hydrogens is 284 g/mol. The van der Waals surface area contributed by atoms with Crippen molar-refractivity contribution in [3.63, 3.8) is 0 Å². The monoisotopic (exact) mass is 298 g/mol. The van der Waals surface area contributed by atoms with Gasteiger partial charge >= 0.3 is 10.4 Å². The van der Waals surface area contributed by atoms with Crippen molar-refractivity contribution in [2.45, 2.75) is 6.54 Å². The summed E-state index contributed by atoms with van der Waals surface area (Å²) in [5, 5.41) is 1.12. The van der Waals surface area contributed by atoms with Gasteiger partial charge in [-0.1, -0.05) is 24.3 Å². The van der Waals surface area contributed by atoms with Crippen molar-refractivity contribution in [3.05, 3.63) is 42.1 Å². The minimum absolute atomic E-state index is 0.0879. The van der Waals surface area contributed by atoms with Gasteiger partial charge in [-0.25, -0.2) is 4.99 Å². The molecule has 0 unspecified atom stereocenters. The van der Waals surface area contributed by atoms with Crippen LogP contribution >= 0.6 is 0 Å². The second-order valence-electron chi connectivity index (χ2n) is 3.68. The Hall–Kier alpha value is -2.23. The third kappa shape index (κ3) is 6.64. The molecule has 0 saturated carbocycles. The Morgan fingerprint density at radius 3 is 2.35 bits per heavy atom. The minimum atomic E-state index is -4.67. The highest BCUT2D eigenvalue weighted by atomic mass is 32.3. The Morgan fingerprint density at radius 1 is 1.15 bits per heavy atom. The molecule has 0 aliphatic heterocycles. The number of nitrogens with two attached hydrogens (primary N) is 2. The zero-order valence-corrected chi connectivity index (χ0v) is 11.2. The molecule has 20 heavy (non-hydrogen) atoms. The van der Waals surface area contributed by atoms with Crippen molar-refractivity contribution < 1.29 is 17.5 Å². The van der Waals surface area contributed by atoms with Gasteiger partial charge in [-0.05, 0) is 12.1 Å². The third-order valence-electron chi connectivity index (χ3n) is 2.08. The van der Waals surface area contributed by atoms with Crippen molar-refractivity contribution in [1.82, 2.24) is 4.98 Å². The number of hydrogen-bond acceptors (Lipinski definition) is 4. The molecule has 1 aromatic heterocycles. The van der Waals surface area contributed by atoms with E-state index in [1.807, 2.05) is 36.4 Å². The molecule has 2 rings (SSSR count). The fraction of sp³-hybridized carbons (Fsp3) is 0.0909. The lowest BCUT2D eigenvalue weighted by Crippen LogP contribution is -2.22. The Labute approximate surface area is 115 Å². The van der Waals surface area contributed by atoms with Crippen molar-refractivity contribution in [2.75, 3.05) is 0 Å². The average molecular weight is 298 g/mol. The highest BCUT2D eigenvalue weighted by molar-refractivity contribution is 7.79. The predicted octanol–water partition coefficient (Wildman–Crippen LogP) is 0.355. The Morgan fingerprint density at radius 2 is 1.75 bits per heavy atom. The molecule has 1 aromatic carbocycles. The Balaban J connectivity index is 0.000000347. The van der Waals surface area contributed by atoms with E-state index in [-0.39, 0.29) is 5.96 Å². The number of pyridine rings is 1. The van der Waals surface area contributed by atoms with Gasteiger partial charge in [0.2, 0.25) is 0 Å². The van der Waals surface area contributed by atoms with Crippen LogP contribution in [0.3, 0.4) is 0 Å². The van der Waals surface area contributed by atoms with Gasteiger partial charge in [0, 0.05) is 5.39 Å². The second kappa shape index (κ2) is 6.80. The van der Waals surface area contributed by atoms with Gasteiger partial charge in [0.15, 0.2) is 5.96 Å². The van der Waals surface area contributed by atoms with Gasteiger partial charge in [-0.2, -0.15) is 8.42 Å². The number of fused-ring (bicyclic) bond motifs is 1. The molecule has 2 aromatic rings. The van der Waals surface area contributed by atoms with E-state index in [1.54, 1.807) is 0 Å². The van der Waals surface area contributed by atoms with E-state index >= 15 is 0 Å². The maximum Gasteiger partial charge on any atom is 0.394 e. The summed E-state index contributed by atoms with van der Waals surface area (Å²) in [5.74, 6) is 0.0879. The van der Waals surface area contributed by atoms with Gasteiger partial charge in [0.1, 0.15) is 0 Å². The van der Waals surface area contributed by atoms with E-state index in [1.165, 1.54) is 0 Å². The number of aliphatic imine (C=N–C) groups is 1. The summed E-state index contributed by atoms with van der Waals surface area (Å²) in [7, 11) is -4.67. The number of aromatic nitrogens is 1. The van der Waals surface area contributed by atoms with Crippen LogP contribution in [0.5, 0.6) is 0 Å². The highest BCUT2D eigenvalue weighted by Gasteiger charge is 1.96. The van der Waals surface area contributed by atoms with E-state index in [4.69, 9.17) is 29.0 Å². The molecule has 0 amide bonds. The van der Waals surface area contributed by atoms with Crippen LogP contribution in [-0.4, -0.2) is 28.5 Å². The molecule has 0 saturated heterocycles. The van der Waals surface area contributed by atoms with Crippen molar-refractivity contribution in [2.24, 2.45) is 16.5 Å². The van der Waals surface area contributed by atoms with Crippen LogP contribution in [0, 0.1) is 0 Å². The van der Waals surface area contributed by atoms with E-state index in [0.717, 1.165) is 16.6 Å². The summed E-state index contributed by atoms with van der Waals surface area (Å²) in [4.78, 5) is 8.34. The summed E-state index contributed by atoms with van der Waals surface area (Å²) < 4.78 is 31.6. The van der Waals surface area contributed by atoms with Crippen LogP contribution in [-0.2, 0) is 16.9 Å². The maximum absolute atomic E-state index is 8.74. The molecular formula is C11H14N4O4S. The predicted molar refractivity (Wildman–Crippen MR) is 75.4 cm³/mol. The van der Waals surface area contributed by atoms with Gasteiger partial charge in [-0.15, -0.1) is 0 Å². The number of guanidine groups is 1.